The lowest BCUT2D eigenvalue weighted by Gasteiger charge is -1.97. The Labute approximate surface area is 130 Å². The first-order chi connectivity index (χ1) is 10.3. The molecule has 0 saturated carbocycles. The van der Waals surface area contributed by atoms with Gasteiger partial charge in [0.1, 0.15) is 4.88 Å². The smallest absolute Gasteiger partial charge is 0.266 e. The van der Waals surface area contributed by atoms with Crippen LogP contribution in [0.25, 0.3) is 10.1 Å². The maximum absolute atomic E-state index is 12.1. The van der Waals surface area contributed by atoms with E-state index in [1.807, 2.05) is 30.3 Å². The van der Waals surface area contributed by atoms with Gasteiger partial charge in [0, 0.05) is 28.0 Å². The molecule has 6 heteroatoms. The molecule has 0 fully saturated rings. The van der Waals surface area contributed by atoms with E-state index in [0.717, 1.165) is 15.6 Å². The molecule has 1 N–H and O–H groups in total. The van der Waals surface area contributed by atoms with Crippen LogP contribution in [0.3, 0.4) is 0 Å². The number of benzene rings is 1. The number of halogens is 1. The van der Waals surface area contributed by atoms with Gasteiger partial charge >= 0.3 is 0 Å². The van der Waals surface area contributed by atoms with Crippen molar-refractivity contribution in [3.05, 3.63) is 64.3 Å². The van der Waals surface area contributed by atoms with Crippen molar-refractivity contribution in [1.82, 2.24) is 10.4 Å². The molecule has 0 saturated heterocycles. The van der Waals surface area contributed by atoms with E-state index >= 15 is 0 Å². The Morgan fingerprint density at radius 3 is 2.90 bits per heavy atom. The topological polar surface area (TPSA) is 54.4 Å². The van der Waals surface area contributed by atoms with E-state index in [9.17, 15) is 4.79 Å². The number of carbonyl (C=O) groups is 1. The third-order valence-corrected chi connectivity index (χ3v) is 4.48. The van der Waals surface area contributed by atoms with Crippen molar-refractivity contribution in [2.75, 3.05) is 0 Å². The van der Waals surface area contributed by atoms with E-state index in [1.165, 1.54) is 17.6 Å². The van der Waals surface area contributed by atoms with E-state index in [-0.39, 0.29) is 5.91 Å². The Morgan fingerprint density at radius 2 is 2.14 bits per heavy atom. The van der Waals surface area contributed by atoms with Gasteiger partial charge in [-0.25, -0.2) is 5.43 Å². The lowest BCUT2D eigenvalue weighted by molar-refractivity contribution is 0.0959. The summed E-state index contributed by atoms with van der Waals surface area (Å²) in [6.45, 7) is 0. The molecule has 0 bridgehead atoms. The molecule has 0 atom stereocenters. The van der Waals surface area contributed by atoms with E-state index in [1.54, 1.807) is 18.5 Å². The number of pyridine rings is 1. The fourth-order valence-corrected chi connectivity index (χ4v) is 3.24. The molecule has 21 heavy (non-hydrogen) atoms. The molecule has 1 amide bonds. The van der Waals surface area contributed by atoms with Crippen LogP contribution >= 0.6 is 22.9 Å². The van der Waals surface area contributed by atoms with Crippen molar-refractivity contribution >= 4 is 45.1 Å². The van der Waals surface area contributed by atoms with Gasteiger partial charge < -0.3 is 0 Å². The van der Waals surface area contributed by atoms with Gasteiger partial charge in [-0.05, 0) is 12.1 Å². The molecular formula is C15H10ClN3OS. The highest BCUT2D eigenvalue weighted by Crippen LogP contribution is 2.34. The molecule has 3 rings (SSSR count). The first kappa shape index (κ1) is 13.7. The van der Waals surface area contributed by atoms with Gasteiger partial charge in [-0.1, -0.05) is 35.9 Å². The van der Waals surface area contributed by atoms with Gasteiger partial charge in [-0.15, -0.1) is 11.3 Å². The van der Waals surface area contributed by atoms with Crippen LogP contribution in [0.15, 0.2) is 53.9 Å². The lowest BCUT2D eigenvalue weighted by atomic mass is 10.2. The number of fused-ring (bicyclic) bond motifs is 1. The van der Waals surface area contributed by atoms with Crippen molar-refractivity contribution in [1.29, 1.82) is 0 Å². The fraction of sp³-hybridized carbons (Fsp3) is 0. The molecule has 0 spiro atoms. The molecule has 0 radical (unpaired) electrons. The van der Waals surface area contributed by atoms with Gasteiger partial charge in [0.25, 0.3) is 5.91 Å². The van der Waals surface area contributed by atoms with Crippen LogP contribution in [-0.2, 0) is 0 Å². The summed E-state index contributed by atoms with van der Waals surface area (Å²) in [5, 5.41) is 5.26. The summed E-state index contributed by atoms with van der Waals surface area (Å²) in [5.74, 6) is -0.318. The highest BCUT2D eigenvalue weighted by molar-refractivity contribution is 7.21. The van der Waals surface area contributed by atoms with Gasteiger partial charge in [-0.2, -0.15) is 5.10 Å². The molecule has 2 aromatic heterocycles. The number of carbonyl (C=O) groups excluding carboxylic acids is 1. The molecule has 0 aliphatic rings. The second-order valence-corrected chi connectivity index (χ2v) is 5.66. The molecular weight excluding hydrogens is 306 g/mol. The average molecular weight is 316 g/mol. The number of hydrogen-bond donors (Lipinski definition) is 1. The maximum atomic E-state index is 12.1. The van der Waals surface area contributed by atoms with E-state index in [0.29, 0.717) is 9.90 Å². The van der Waals surface area contributed by atoms with Gasteiger partial charge in [0.05, 0.1) is 11.2 Å². The summed E-state index contributed by atoms with van der Waals surface area (Å²) < 4.78 is 0.976. The summed E-state index contributed by atoms with van der Waals surface area (Å²) in [6, 6.07) is 11.3. The Morgan fingerprint density at radius 1 is 1.29 bits per heavy atom. The summed E-state index contributed by atoms with van der Waals surface area (Å²) in [5.41, 5.74) is 3.28. The largest absolute Gasteiger partial charge is 0.283 e. The van der Waals surface area contributed by atoms with Crippen LogP contribution in [-0.4, -0.2) is 17.1 Å². The fourth-order valence-electron chi connectivity index (χ4n) is 1.83. The number of rotatable bonds is 3. The quantitative estimate of drug-likeness (QED) is 0.591. The summed E-state index contributed by atoms with van der Waals surface area (Å²) in [7, 11) is 0. The molecule has 2 heterocycles. The zero-order valence-corrected chi connectivity index (χ0v) is 12.4. The standard InChI is InChI=1S/C15H10ClN3OS/c16-13-11-5-1-2-6-12(11)21-14(13)15(20)19-18-9-10-4-3-7-17-8-10/h1-9H,(H,19,20). The second-order valence-electron chi connectivity index (χ2n) is 4.23. The summed E-state index contributed by atoms with van der Waals surface area (Å²) in [4.78, 5) is 16.5. The molecule has 4 nitrogen and oxygen atoms in total. The highest BCUT2D eigenvalue weighted by Gasteiger charge is 2.16. The zero-order valence-electron chi connectivity index (χ0n) is 10.8. The number of hydrazone groups is 1. The average Bonchev–Trinajstić information content (AvgIpc) is 2.86. The van der Waals surface area contributed by atoms with Crippen LogP contribution in [0.5, 0.6) is 0 Å². The number of thiophene rings is 1. The third kappa shape index (κ3) is 2.94. The van der Waals surface area contributed by atoms with Crippen LogP contribution in [0.2, 0.25) is 5.02 Å². The minimum absolute atomic E-state index is 0.318. The predicted molar refractivity (Wildman–Crippen MR) is 86.1 cm³/mol. The Kier molecular flexibility index (Phi) is 3.94. The zero-order chi connectivity index (χ0) is 14.7. The second kappa shape index (κ2) is 6.03. The molecule has 104 valence electrons. The molecule has 0 unspecified atom stereocenters. The third-order valence-electron chi connectivity index (χ3n) is 2.81. The number of nitrogens with zero attached hydrogens (tertiary/aromatic N) is 2. The van der Waals surface area contributed by atoms with Crippen molar-refractivity contribution in [2.24, 2.45) is 5.10 Å². The first-order valence-electron chi connectivity index (χ1n) is 6.16. The van der Waals surface area contributed by atoms with Crippen LogP contribution in [0, 0.1) is 0 Å². The Hall–Kier alpha value is -2.24. The molecule has 1 aromatic carbocycles. The minimum atomic E-state index is -0.318. The summed E-state index contributed by atoms with van der Waals surface area (Å²) in [6.07, 6.45) is 4.86. The monoisotopic (exact) mass is 315 g/mol. The molecule has 0 aliphatic carbocycles. The number of amides is 1. The molecule has 3 aromatic rings. The van der Waals surface area contributed by atoms with Crippen LogP contribution in [0.4, 0.5) is 0 Å². The minimum Gasteiger partial charge on any atom is -0.266 e. The van der Waals surface area contributed by atoms with Gasteiger partial charge in [0.15, 0.2) is 0 Å². The first-order valence-corrected chi connectivity index (χ1v) is 7.35. The van der Waals surface area contributed by atoms with Gasteiger partial charge in [0.2, 0.25) is 0 Å². The number of hydrogen-bond acceptors (Lipinski definition) is 4. The SMILES string of the molecule is O=C(NN=Cc1cccnc1)c1sc2ccccc2c1Cl. The summed E-state index contributed by atoms with van der Waals surface area (Å²) >= 11 is 7.58. The Bertz CT molecular complexity index is 814. The Balaban J connectivity index is 1.78. The van der Waals surface area contributed by atoms with E-state index in [2.05, 4.69) is 15.5 Å². The number of aromatic nitrogens is 1. The normalized spacial score (nSPS) is 11.1. The van der Waals surface area contributed by atoms with Crippen molar-refractivity contribution in [2.45, 2.75) is 0 Å². The van der Waals surface area contributed by atoms with Crippen molar-refractivity contribution in [3.8, 4) is 0 Å². The predicted octanol–water partition coefficient (Wildman–Crippen LogP) is 3.71. The molecule has 0 aliphatic heterocycles. The highest BCUT2D eigenvalue weighted by atomic mass is 35.5. The van der Waals surface area contributed by atoms with Gasteiger partial charge in [-0.3, -0.25) is 9.78 Å². The lowest BCUT2D eigenvalue weighted by Crippen LogP contribution is -2.16. The van der Waals surface area contributed by atoms with Crippen LogP contribution < -0.4 is 5.43 Å². The van der Waals surface area contributed by atoms with Crippen LogP contribution in [0.1, 0.15) is 15.2 Å². The van der Waals surface area contributed by atoms with E-state index < -0.39 is 0 Å². The maximum Gasteiger partial charge on any atom is 0.283 e. The number of nitrogens with one attached hydrogen (secondary N) is 1. The van der Waals surface area contributed by atoms with E-state index in [4.69, 9.17) is 11.6 Å². The van der Waals surface area contributed by atoms with Crippen molar-refractivity contribution in [3.63, 3.8) is 0 Å². The van der Waals surface area contributed by atoms with Crippen molar-refractivity contribution < 1.29 is 4.79 Å².